The molecule has 2 aromatic rings. The zero-order chi connectivity index (χ0) is 16.4. The molecule has 0 radical (unpaired) electrons. The molecule has 0 fully saturated rings. The molecule has 0 aromatic heterocycles. The summed E-state index contributed by atoms with van der Waals surface area (Å²) in [6, 6.07) is 11.1. The summed E-state index contributed by atoms with van der Waals surface area (Å²) in [6.45, 7) is 0.259. The second-order valence-corrected chi connectivity index (χ2v) is 5.70. The van der Waals surface area contributed by atoms with Crippen LogP contribution in [0.25, 0.3) is 0 Å². The van der Waals surface area contributed by atoms with Crippen molar-refractivity contribution in [3.05, 3.63) is 63.2 Å². The first kappa shape index (κ1) is 15.3. The molecule has 7 heteroatoms. The molecule has 1 amide bonds. The standard InChI is InChI=1S/C16H13ClN2O4/c17-12-4-5-15-10(7-12)6-11(9-23-15)16(20)18-13-2-1-3-14(8-13)19(21)22/h1-5,7-8,11H,6,9H2,(H,18,20)/t11-/m0/s1. The number of nitrogens with zero attached hydrogens (tertiary/aromatic N) is 1. The van der Waals surface area contributed by atoms with Gasteiger partial charge < -0.3 is 10.1 Å². The Morgan fingerprint density at radius 2 is 2.13 bits per heavy atom. The maximum Gasteiger partial charge on any atom is 0.271 e. The first-order chi connectivity index (χ1) is 11.0. The van der Waals surface area contributed by atoms with E-state index in [1.807, 2.05) is 0 Å². The summed E-state index contributed by atoms with van der Waals surface area (Å²) in [7, 11) is 0. The molecule has 1 aliphatic rings. The zero-order valence-electron chi connectivity index (χ0n) is 12.0. The summed E-state index contributed by atoms with van der Waals surface area (Å²) in [4.78, 5) is 22.6. The van der Waals surface area contributed by atoms with Crippen molar-refractivity contribution in [2.24, 2.45) is 5.92 Å². The lowest BCUT2D eigenvalue weighted by Crippen LogP contribution is -2.32. The van der Waals surface area contributed by atoms with Gasteiger partial charge in [0.05, 0.1) is 10.8 Å². The number of carbonyl (C=O) groups is 1. The summed E-state index contributed by atoms with van der Waals surface area (Å²) in [5, 5.41) is 14.1. The number of hydrogen-bond donors (Lipinski definition) is 1. The van der Waals surface area contributed by atoms with Crippen molar-refractivity contribution in [2.45, 2.75) is 6.42 Å². The number of ether oxygens (including phenoxy) is 1. The number of nitro groups is 1. The Hall–Kier alpha value is -2.60. The Kier molecular flexibility index (Phi) is 4.16. The second-order valence-electron chi connectivity index (χ2n) is 5.26. The number of benzene rings is 2. The molecule has 3 rings (SSSR count). The minimum atomic E-state index is -0.502. The maximum absolute atomic E-state index is 12.3. The lowest BCUT2D eigenvalue weighted by atomic mass is 9.96. The third kappa shape index (κ3) is 3.43. The Labute approximate surface area is 137 Å². The molecule has 1 aliphatic heterocycles. The van der Waals surface area contributed by atoms with Gasteiger partial charge in [0.1, 0.15) is 12.4 Å². The Bertz CT molecular complexity index is 778. The minimum Gasteiger partial charge on any atom is -0.492 e. The summed E-state index contributed by atoms with van der Waals surface area (Å²) in [5.74, 6) is 0.116. The van der Waals surface area contributed by atoms with Gasteiger partial charge in [-0.1, -0.05) is 17.7 Å². The van der Waals surface area contributed by atoms with Gasteiger partial charge in [0.15, 0.2) is 0 Å². The Morgan fingerprint density at radius 1 is 1.30 bits per heavy atom. The molecule has 118 valence electrons. The molecule has 23 heavy (non-hydrogen) atoms. The van der Waals surface area contributed by atoms with E-state index in [0.29, 0.717) is 17.1 Å². The molecule has 0 unspecified atom stereocenters. The SMILES string of the molecule is O=C(Nc1cccc([N+](=O)[O-])c1)[C@@H]1COc2ccc(Cl)cc2C1. The van der Waals surface area contributed by atoms with Crippen LogP contribution in [0.1, 0.15) is 5.56 Å². The van der Waals surface area contributed by atoms with E-state index in [1.165, 1.54) is 18.2 Å². The predicted molar refractivity (Wildman–Crippen MR) is 85.9 cm³/mol. The van der Waals surface area contributed by atoms with Crippen molar-refractivity contribution >= 4 is 28.9 Å². The molecule has 0 saturated carbocycles. The number of halogens is 1. The molecular weight excluding hydrogens is 320 g/mol. The molecule has 6 nitrogen and oxygen atoms in total. The van der Waals surface area contributed by atoms with Crippen molar-refractivity contribution in [2.75, 3.05) is 11.9 Å². The van der Waals surface area contributed by atoms with Crippen LogP contribution in [0.2, 0.25) is 5.02 Å². The first-order valence-electron chi connectivity index (χ1n) is 6.99. The molecule has 0 aliphatic carbocycles. The van der Waals surface area contributed by atoms with Gasteiger partial charge in [0, 0.05) is 22.8 Å². The van der Waals surface area contributed by atoms with Crippen LogP contribution in [0.3, 0.4) is 0 Å². The van der Waals surface area contributed by atoms with E-state index in [4.69, 9.17) is 16.3 Å². The van der Waals surface area contributed by atoms with Gasteiger partial charge in [-0.3, -0.25) is 14.9 Å². The van der Waals surface area contributed by atoms with E-state index in [-0.39, 0.29) is 24.1 Å². The molecule has 2 aromatic carbocycles. The largest absolute Gasteiger partial charge is 0.492 e. The number of nitrogens with one attached hydrogen (secondary N) is 1. The summed E-state index contributed by atoms with van der Waals surface area (Å²) >= 11 is 5.96. The van der Waals surface area contributed by atoms with Crippen molar-refractivity contribution < 1.29 is 14.5 Å². The van der Waals surface area contributed by atoms with Crippen molar-refractivity contribution in [3.8, 4) is 5.75 Å². The monoisotopic (exact) mass is 332 g/mol. The Balaban J connectivity index is 1.72. The van der Waals surface area contributed by atoms with Gasteiger partial charge in [-0.05, 0) is 36.2 Å². The van der Waals surface area contributed by atoms with Gasteiger partial charge in [0.2, 0.25) is 5.91 Å². The number of rotatable bonds is 3. The Morgan fingerprint density at radius 3 is 2.91 bits per heavy atom. The molecule has 1 heterocycles. The predicted octanol–water partition coefficient (Wildman–Crippen LogP) is 3.44. The highest BCUT2D eigenvalue weighted by molar-refractivity contribution is 6.30. The van der Waals surface area contributed by atoms with Gasteiger partial charge in [0.25, 0.3) is 5.69 Å². The number of hydrogen-bond acceptors (Lipinski definition) is 4. The van der Waals surface area contributed by atoms with Crippen LogP contribution in [0, 0.1) is 16.0 Å². The first-order valence-corrected chi connectivity index (χ1v) is 7.37. The quantitative estimate of drug-likeness (QED) is 0.689. The third-order valence-corrected chi connectivity index (χ3v) is 3.86. The van der Waals surface area contributed by atoms with Crippen LogP contribution in [0.15, 0.2) is 42.5 Å². The smallest absolute Gasteiger partial charge is 0.271 e. The fraction of sp³-hybridized carbons (Fsp3) is 0.188. The lowest BCUT2D eigenvalue weighted by molar-refractivity contribution is -0.384. The van der Waals surface area contributed by atoms with Crippen molar-refractivity contribution in [1.29, 1.82) is 0 Å². The van der Waals surface area contributed by atoms with Crippen molar-refractivity contribution in [3.63, 3.8) is 0 Å². The summed E-state index contributed by atoms with van der Waals surface area (Å²) < 4.78 is 5.58. The highest BCUT2D eigenvalue weighted by Gasteiger charge is 2.26. The van der Waals surface area contributed by atoms with Crippen LogP contribution in [0.5, 0.6) is 5.75 Å². The normalized spacial score (nSPS) is 16.1. The van der Waals surface area contributed by atoms with E-state index in [2.05, 4.69) is 5.32 Å². The molecule has 0 saturated heterocycles. The molecule has 0 spiro atoms. The maximum atomic E-state index is 12.3. The van der Waals surface area contributed by atoms with E-state index < -0.39 is 4.92 Å². The van der Waals surface area contributed by atoms with E-state index in [0.717, 1.165) is 11.3 Å². The van der Waals surface area contributed by atoms with Gasteiger partial charge >= 0.3 is 0 Å². The van der Waals surface area contributed by atoms with E-state index in [1.54, 1.807) is 24.3 Å². The van der Waals surface area contributed by atoms with E-state index >= 15 is 0 Å². The van der Waals surface area contributed by atoms with Crippen LogP contribution in [0.4, 0.5) is 11.4 Å². The number of anilines is 1. The minimum absolute atomic E-state index is 0.0696. The van der Waals surface area contributed by atoms with Crippen LogP contribution in [-0.4, -0.2) is 17.4 Å². The second kappa shape index (κ2) is 6.26. The fourth-order valence-electron chi connectivity index (χ4n) is 2.47. The number of nitro benzene ring substituents is 1. The van der Waals surface area contributed by atoms with Crippen LogP contribution in [-0.2, 0) is 11.2 Å². The van der Waals surface area contributed by atoms with Crippen LogP contribution >= 0.6 is 11.6 Å². The lowest BCUT2D eigenvalue weighted by Gasteiger charge is -2.24. The average molecular weight is 333 g/mol. The van der Waals surface area contributed by atoms with Gasteiger partial charge in [-0.25, -0.2) is 0 Å². The highest BCUT2D eigenvalue weighted by atomic mass is 35.5. The summed E-state index contributed by atoms with van der Waals surface area (Å²) in [5.41, 5.74) is 1.20. The summed E-state index contributed by atoms with van der Waals surface area (Å²) in [6.07, 6.45) is 0.511. The zero-order valence-corrected chi connectivity index (χ0v) is 12.7. The molecule has 1 N–H and O–H groups in total. The number of amides is 1. The fourth-order valence-corrected chi connectivity index (χ4v) is 2.67. The number of non-ortho nitro benzene ring substituents is 1. The molecular formula is C16H13ClN2O4. The third-order valence-electron chi connectivity index (χ3n) is 3.62. The number of fused-ring (bicyclic) bond motifs is 1. The van der Waals surface area contributed by atoms with Gasteiger partial charge in [-0.2, -0.15) is 0 Å². The number of carbonyl (C=O) groups excluding carboxylic acids is 1. The van der Waals surface area contributed by atoms with E-state index in [9.17, 15) is 14.9 Å². The molecule has 0 bridgehead atoms. The average Bonchev–Trinajstić information content (AvgIpc) is 2.54. The highest BCUT2D eigenvalue weighted by Crippen LogP contribution is 2.30. The molecule has 1 atom stereocenters. The van der Waals surface area contributed by atoms with Crippen molar-refractivity contribution in [1.82, 2.24) is 0 Å². The van der Waals surface area contributed by atoms with Crippen LogP contribution < -0.4 is 10.1 Å². The van der Waals surface area contributed by atoms with Gasteiger partial charge in [-0.15, -0.1) is 0 Å². The topological polar surface area (TPSA) is 81.5 Å².